The third-order valence-electron chi connectivity index (χ3n) is 2.25. The van der Waals surface area contributed by atoms with Gasteiger partial charge in [0.1, 0.15) is 0 Å². The van der Waals surface area contributed by atoms with Crippen LogP contribution in [-0.4, -0.2) is 36.3 Å². The summed E-state index contributed by atoms with van der Waals surface area (Å²) >= 11 is 0. The van der Waals surface area contributed by atoms with Gasteiger partial charge in [-0.2, -0.15) is 5.10 Å². The molecule has 0 atom stereocenters. The molecule has 18 heavy (non-hydrogen) atoms. The molecule has 1 aromatic rings. The van der Waals surface area contributed by atoms with Crippen molar-refractivity contribution in [3.8, 4) is 0 Å². The molecule has 0 saturated carbocycles. The van der Waals surface area contributed by atoms with Crippen LogP contribution in [0.3, 0.4) is 0 Å². The summed E-state index contributed by atoms with van der Waals surface area (Å²) in [4.78, 5) is 22.1. The minimum atomic E-state index is -0.486. The van der Waals surface area contributed by atoms with Crippen molar-refractivity contribution in [2.75, 3.05) is 13.7 Å². The third kappa shape index (κ3) is 4.37. The summed E-state index contributed by atoms with van der Waals surface area (Å²) in [5.74, 6) is -0.860. The Balaban J connectivity index is 2.65. The molecule has 0 saturated heterocycles. The molecule has 0 fully saturated rings. The van der Waals surface area contributed by atoms with E-state index in [2.05, 4.69) is 9.84 Å². The lowest BCUT2D eigenvalue weighted by Gasteiger charge is -2.12. The molecule has 0 aliphatic rings. The number of amides is 1. The molecule has 0 unspecified atom stereocenters. The van der Waals surface area contributed by atoms with Crippen molar-refractivity contribution in [1.82, 2.24) is 5.01 Å². The molecule has 1 aromatic carbocycles. The van der Waals surface area contributed by atoms with Gasteiger partial charge in [0.15, 0.2) is 6.61 Å². The summed E-state index contributed by atoms with van der Waals surface area (Å²) in [6, 6.07) is 9.52. The van der Waals surface area contributed by atoms with Crippen molar-refractivity contribution in [3.63, 3.8) is 0 Å². The molecule has 0 aromatic heterocycles. The predicted molar refractivity (Wildman–Crippen MR) is 68.1 cm³/mol. The maximum Gasteiger partial charge on any atom is 0.303 e. The number of ether oxygens (including phenoxy) is 1. The SMILES string of the molecule is CC(=O)OCC(=O)N(C)N=C(C)c1ccccc1. The van der Waals surface area contributed by atoms with Crippen LogP contribution in [0.2, 0.25) is 0 Å². The minimum Gasteiger partial charge on any atom is -0.456 e. The van der Waals surface area contributed by atoms with Crippen molar-refractivity contribution in [2.45, 2.75) is 13.8 Å². The highest BCUT2D eigenvalue weighted by Crippen LogP contribution is 2.02. The second-order valence-corrected chi connectivity index (χ2v) is 3.75. The van der Waals surface area contributed by atoms with E-state index in [4.69, 9.17) is 0 Å². The highest BCUT2D eigenvalue weighted by Gasteiger charge is 2.10. The Morgan fingerprint density at radius 2 is 1.83 bits per heavy atom. The lowest BCUT2D eigenvalue weighted by atomic mass is 10.1. The van der Waals surface area contributed by atoms with Gasteiger partial charge in [-0.3, -0.25) is 9.59 Å². The Labute approximate surface area is 106 Å². The topological polar surface area (TPSA) is 59.0 Å². The second-order valence-electron chi connectivity index (χ2n) is 3.75. The zero-order valence-corrected chi connectivity index (χ0v) is 10.7. The van der Waals surface area contributed by atoms with Crippen LogP contribution in [-0.2, 0) is 14.3 Å². The first-order valence-electron chi connectivity index (χ1n) is 5.51. The maximum atomic E-state index is 11.6. The molecular weight excluding hydrogens is 232 g/mol. The van der Waals surface area contributed by atoms with Crippen molar-refractivity contribution in [2.24, 2.45) is 5.10 Å². The van der Waals surface area contributed by atoms with E-state index < -0.39 is 5.97 Å². The molecule has 96 valence electrons. The average Bonchev–Trinajstić information content (AvgIpc) is 2.36. The number of nitrogens with zero attached hydrogens (tertiary/aromatic N) is 2. The van der Waals surface area contributed by atoms with Gasteiger partial charge < -0.3 is 4.74 Å². The van der Waals surface area contributed by atoms with E-state index in [1.807, 2.05) is 37.3 Å². The maximum absolute atomic E-state index is 11.6. The first kappa shape index (κ1) is 13.9. The normalized spacial score (nSPS) is 10.9. The summed E-state index contributed by atoms with van der Waals surface area (Å²) in [6.07, 6.45) is 0. The van der Waals surface area contributed by atoms with Gasteiger partial charge in [0.2, 0.25) is 0 Å². The first-order valence-corrected chi connectivity index (χ1v) is 5.51. The quantitative estimate of drug-likeness (QED) is 0.460. The van der Waals surface area contributed by atoms with Gasteiger partial charge in [0.25, 0.3) is 5.91 Å². The van der Waals surface area contributed by atoms with E-state index in [1.165, 1.54) is 19.0 Å². The fourth-order valence-electron chi connectivity index (χ4n) is 1.27. The standard InChI is InChI=1S/C13H16N2O3/c1-10(12-7-5-4-6-8-12)14-15(3)13(17)9-18-11(2)16/h4-8H,9H2,1-3H3. The summed E-state index contributed by atoms with van der Waals surface area (Å²) in [5, 5.41) is 5.31. The molecule has 0 aliphatic carbocycles. The molecule has 5 nitrogen and oxygen atoms in total. The highest BCUT2D eigenvalue weighted by molar-refractivity contribution is 5.99. The lowest BCUT2D eigenvalue weighted by Crippen LogP contribution is -2.27. The number of hydrogen-bond acceptors (Lipinski definition) is 4. The number of benzene rings is 1. The Morgan fingerprint density at radius 1 is 1.22 bits per heavy atom. The average molecular weight is 248 g/mol. The van der Waals surface area contributed by atoms with Gasteiger partial charge in [0, 0.05) is 14.0 Å². The monoisotopic (exact) mass is 248 g/mol. The number of likely N-dealkylation sites (N-methyl/N-ethyl adjacent to an activating group) is 1. The van der Waals surface area contributed by atoms with Crippen LogP contribution in [0.25, 0.3) is 0 Å². The Kier molecular flexibility index (Phi) is 5.05. The Morgan fingerprint density at radius 3 is 2.39 bits per heavy atom. The number of esters is 1. The van der Waals surface area contributed by atoms with Crippen molar-refractivity contribution >= 4 is 17.6 Å². The molecule has 0 N–H and O–H groups in total. The fraction of sp³-hybridized carbons (Fsp3) is 0.308. The van der Waals surface area contributed by atoms with Crippen LogP contribution in [0.15, 0.2) is 35.4 Å². The molecule has 0 spiro atoms. The van der Waals surface area contributed by atoms with E-state index in [1.54, 1.807) is 0 Å². The van der Waals surface area contributed by atoms with Crippen LogP contribution in [0.4, 0.5) is 0 Å². The summed E-state index contributed by atoms with van der Waals surface area (Å²) in [5.41, 5.74) is 1.65. The van der Waals surface area contributed by atoms with Gasteiger partial charge in [-0.1, -0.05) is 30.3 Å². The van der Waals surface area contributed by atoms with Crippen molar-refractivity contribution in [3.05, 3.63) is 35.9 Å². The van der Waals surface area contributed by atoms with Crippen LogP contribution in [0.5, 0.6) is 0 Å². The molecular formula is C13H16N2O3. The number of rotatable bonds is 4. The number of carbonyl (C=O) groups excluding carboxylic acids is 2. The smallest absolute Gasteiger partial charge is 0.303 e. The van der Waals surface area contributed by atoms with E-state index >= 15 is 0 Å². The molecule has 5 heteroatoms. The molecule has 0 bridgehead atoms. The zero-order valence-electron chi connectivity index (χ0n) is 10.7. The first-order chi connectivity index (χ1) is 8.50. The molecule has 0 aliphatic heterocycles. The largest absolute Gasteiger partial charge is 0.456 e. The number of hydrogen-bond donors (Lipinski definition) is 0. The summed E-state index contributed by atoms with van der Waals surface area (Å²) < 4.78 is 4.61. The van der Waals surface area contributed by atoms with E-state index in [0.29, 0.717) is 5.71 Å². The third-order valence-corrected chi connectivity index (χ3v) is 2.25. The summed E-state index contributed by atoms with van der Waals surface area (Å²) in [6.45, 7) is 2.77. The van der Waals surface area contributed by atoms with Crippen molar-refractivity contribution < 1.29 is 14.3 Å². The van der Waals surface area contributed by atoms with Crippen LogP contribution >= 0.6 is 0 Å². The van der Waals surface area contributed by atoms with E-state index in [9.17, 15) is 9.59 Å². The van der Waals surface area contributed by atoms with Gasteiger partial charge in [0.05, 0.1) is 5.71 Å². The number of carbonyl (C=O) groups is 2. The predicted octanol–water partition coefficient (Wildman–Crippen LogP) is 1.43. The van der Waals surface area contributed by atoms with Crippen LogP contribution < -0.4 is 0 Å². The molecule has 1 rings (SSSR count). The van der Waals surface area contributed by atoms with E-state index in [0.717, 1.165) is 5.56 Å². The zero-order chi connectivity index (χ0) is 13.5. The minimum absolute atomic E-state index is 0.294. The van der Waals surface area contributed by atoms with E-state index in [-0.39, 0.29) is 12.5 Å². The van der Waals surface area contributed by atoms with Gasteiger partial charge >= 0.3 is 5.97 Å². The molecule has 0 heterocycles. The lowest BCUT2D eigenvalue weighted by molar-refractivity contribution is -0.149. The second kappa shape index (κ2) is 6.54. The molecule has 1 amide bonds. The van der Waals surface area contributed by atoms with Crippen LogP contribution in [0.1, 0.15) is 19.4 Å². The summed E-state index contributed by atoms with van der Waals surface area (Å²) in [7, 11) is 1.53. The van der Waals surface area contributed by atoms with Gasteiger partial charge in [-0.25, -0.2) is 5.01 Å². The Bertz CT molecular complexity index is 455. The Hall–Kier alpha value is -2.17. The van der Waals surface area contributed by atoms with Crippen LogP contribution in [0, 0.1) is 0 Å². The van der Waals surface area contributed by atoms with Crippen molar-refractivity contribution in [1.29, 1.82) is 0 Å². The van der Waals surface area contributed by atoms with Gasteiger partial charge in [-0.05, 0) is 12.5 Å². The van der Waals surface area contributed by atoms with Gasteiger partial charge in [-0.15, -0.1) is 0 Å². The molecule has 0 radical (unpaired) electrons. The highest BCUT2D eigenvalue weighted by atomic mass is 16.5. The fourth-order valence-corrected chi connectivity index (χ4v) is 1.27. The number of hydrazone groups is 1.